The van der Waals surface area contributed by atoms with Crippen LogP contribution < -0.4 is 0 Å². The summed E-state index contributed by atoms with van der Waals surface area (Å²) in [5.74, 6) is 0. The van der Waals surface area contributed by atoms with Gasteiger partial charge in [-0.25, -0.2) is 0 Å². The number of hydrogen-bond acceptors (Lipinski definition) is 1. The third kappa shape index (κ3) is 15.4. The largest absolute Gasteiger partial charge is 0.324 e. The van der Waals surface area contributed by atoms with Crippen LogP contribution in [0.4, 0.5) is 0 Å². The Kier molecular flexibility index (Phi) is 17.4. The second-order valence-corrected chi connectivity index (χ2v) is 10.3. The van der Waals surface area contributed by atoms with E-state index >= 15 is 0 Å². The van der Waals surface area contributed by atoms with E-state index in [9.17, 15) is 0 Å². The van der Waals surface area contributed by atoms with Crippen LogP contribution in [0.3, 0.4) is 0 Å². The Bertz CT molecular complexity index is 333. The molecule has 0 saturated carbocycles. The summed E-state index contributed by atoms with van der Waals surface area (Å²) < 4.78 is 1.34. The molecule has 0 N–H and O–H groups in total. The molecule has 174 valence electrons. The van der Waals surface area contributed by atoms with E-state index in [4.69, 9.17) is 0 Å². The molecule has 0 bridgehead atoms. The van der Waals surface area contributed by atoms with Crippen molar-refractivity contribution in [3.05, 3.63) is 0 Å². The van der Waals surface area contributed by atoms with E-state index in [0.717, 1.165) is 0 Å². The molecule has 2 nitrogen and oxygen atoms in total. The summed E-state index contributed by atoms with van der Waals surface area (Å²) in [4.78, 5) is 2.75. The van der Waals surface area contributed by atoms with E-state index in [2.05, 4.69) is 25.8 Å². The van der Waals surface area contributed by atoms with Gasteiger partial charge < -0.3 is 4.48 Å². The molecule has 1 aliphatic rings. The molecule has 0 aromatic carbocycles. The first-order valence-corrected chi connectivity index (χ1v) is 13.8. The molecule has 0 unspecified atom stereocenters. The maximum absolute atomic E-state index is 2.75. The molecular formula is C27H57N2+. The molecule has 1 rings (SSSR count). The van der Waals surface area contributed by atoms with Crippen molar-refractivity contribution in [1.29, 1.82) is 0 Å². The fourth-order valence-electron chi connectivity index (χ4n) is 4.89. The predicted molar refractivity (Wildman–Crippen MR) is 132 cm³/mol. The lowest BCUT2D eigenvalue weighted by atomic mass is 10.1. The van der Waals surface area contributed by atoms with Crippen LogP contribution in [0.25, 0.3) is 0 Å². The van der Waals surface area contributed by atoms with Crippen LogP contribution in [-0.2, 0) is 0 Å². The Morgan fingerprint density at radius 2 is 0.897 bits per heavy atom. The Morgan fingerprint density at radius 3 is 1.34 bits per heavy atom. The van der Waals surface area contributed by atoms with Gasteiger partial charge in [0.25, 0.3) is 0 Å². The number of unbranched alkanes of at least 4 members (excludes halogenated alkanes) is 16. The van der Waals surface area contributed by atoms with Crippen molar-refractivity contribution in [3.8, 4) is 0 Å². The molecule has 0 amide bonds. The van der Waals surface area contributed by atoms with Crippen LogP contribution in [0.1, 0.15) is 129 Å². The van der Waals surface area contributed by atoms with Gasteiger partial charge in [0.2, 0.25) is 0 Å². The van der Waals surface area contributed by atoms with E-state index in [1.165, 1.54) is 159 Å². The van der Waals surface area contributed by atoms with Gasteiger partial charge in [-0.1, -0.05) is 110 Å². The van der Waals surface area contributed by atoms with Crippen LogP contribution in [0.5, 0.6) is 0 Å². The summed E-state index contributed by atoms with van der Waals surface area (Å²) in [6, 6.07) is 0. The van der Waals surface area contributed by atoms with Gasteiger partial charge in [0.1, 0.15) is 0 Å². The lowest BCUT2D eigenvalue weighted by Crippen LogP contribution is -2.57. The summed E-state index contributed by atoms with van der Waals surface area (Å²) >= 11 is 0. The number of piperazine rings is 1. The number of hydrogen-bond donors (Lipinski definition) is 0. The molecule has 0 aromatic heterocycles. The van der Waals surface area contributed by atoms with Gasteiger partial charge in [-0.05, 0) is 25.8 Å². The third-order valence-corrected chi connectivity index (χ3v) is 7.29. The zero-order valence-electron chi connectivity index (χ0n) is 20.9. The molecule has 0 radical (unpaired) electrons. The molecule has 0 atom stereocenters. The van der Waals surface area contributed by atoms with Crippen molar-refractivity contribution >= 4 is 0 Å². The highest BCUT2D eigenvalue weighted by Crippen LogP contribution is 2.16. The van der Waals surface area contributed by atoms with Crippen LogP contribution in [-0.4, -0.2) is 55.7 Å². The highest BCUT2D eigenvalue weighted by atomic mass is 15.4. The van der Waals surface area contributed by atoms with Crippen LogP contribution in [0.2, 0.25) is 0 Å². The van der Waals surface area contributed by atoms with Crippen molar-refractivity contribution in [2.75, 3.05) is 46.3 Å². The molecule has 1 saturated heterocycles. The Hall–Kier alpha value is -0.0800. The summed E-state index contributed by atoms with van der Waals surface area (Å²) in [6.07, 6.45) is 26.1. The molecule has 1 heterocycles. The highest BCUT2D eigenvalue weighted by Gasteiger charge is 2.27. The Labute approximate surface area is 185 Å². The summed E-state index contributed by atoms with van der Waals surface area (Å²) in [7, 11) is 2.51. The first kappa shape index (κ1) is 27.0. The van der Waals surface area contributed by atoms with Gasteiger partial charge in [0, 0.05) is 13.1 Å². The second-order valence-electron chi connectivity index (χ2n) is 10.3. The minimum Gasteiger partial charge on any atom is -0.324 e. The maximum atomic E-state index is 2.75. The molecule has 2 heteroatoms. The standard InChI is InChI=1S/C27H57N2/c1-4-6-8-10-12-14-16-18-20-22-28-23-26-29(3,27-24-28)25-21-19-17-15-13-11-9-7-5-2/h4-27H2,1-3H3/q+1. The fraction of sp³-hybridized carbons (Fsp3) is 1.00. The zero-order valence-corrected chi connectivity index (χ0v) is 20.9. The quantitative estimate of drug-likeness (QED) is 0.146. The van der Waals surface area contributed by atoms with Gasteiger partial charge in [-0.3, -0.25) is 4.90 Å². The first-order chi connectivity index (χ1) is 14.2. The zero-order chi connectivity index (χ0) is 21.0. The topological polar surface area (TPSA) is 3.24 Å². The lowest BCUT2D eigenvalue weighted by Gasteiger charge is -2.42. The van der Waals surface area contributed by atoms with Crippen molar-refractivity contribution < 1.29 is 4.48 Å². The highest BCUT2D eigenvalue weighted by molar-refractivity contribution is 4.64. The minimum absolute atomic E-state index is 1.34. The number of nitrogens with zero attached hydrogens (tertiary/aromatic N) is 2. The van der Waals surface area contributed by atoms with Gasteiger partial charge in [-0.15, -0.1) is 0 Å². The predicted octanol–water partition coefficient (Wildman–Crippen LogP) is 7.81. The van der Waals surface area contributed by atoms with E-state index in [0.29, 0.717) is 0 Å². The Morgan fingerprint density at radius 1 is 0.517 bits per heavy atom. The van der Waals surface area contributed by atoms with Crippen molar-refractivity contribution in [2.45, 2.75) is 129 Å². The van der Waals surface area contributed by atoms with E-state index < -0.39 is 0 Å². The van der Waals surface area contributed by atoms with Crippen LogP contribution >= 0.6 is 0 Å². The minimum atomic E-state index is 1.34. The van der Waals surface area contributed by atoms with Gasteiger partial charge in [0.05, 0.1) is 26.7 Å². The fourth-order valence-corrected chi connectivity index (χ4v) is 4.89. The van der Waals surface area contributed by atoms with Gasteiger partial charge >= 0.3 is 0 Å². The normalized spacial score (nSPS) is 17.1. The molecule has 0 spiro atoms. The lowest BCUT2D eigenvalue weighted by molar-refractivity contribution is -0.913. The molecule has 1 fully saturated rings. The molecule has 0 aromatic rings. The Balaban J connectivity index is 1.91. The third-order valence-electron chi connectivity index (χ3n) is 7.29. The number of quaternary nitrogens is 1. The summed E-state index contributed by atoms with van der Waals surface area (Å²) in [5, 5.41) is 0. The van der Waals surface area contributed by atoms with Crippen LogP contribution in [0, 0.1) is 0 Å². The number of rotatable bonds is 20. The van der Waals surface area contributed by atoms with Crippen molar-refractivity contribution in [1.82, 2.24) is 4.90 Å². The van der Waals surface area contributed by atoms with Crippen molar-refractivity contribution in [3.63, 3.8) is 0 Å². The molecule has 1 aliphatic heterocycles. The van der Waals surface area contributed by atoms with Crippen molar-refractivity contribution in [2.24, 2.45) is 0 Å². The smallest absolute Gasteiger partial charge is 0.0914 e. The summed E-state index contributed by atoms with van der Waals surface area (Å²) in [5.41, 5.74) is 0. The summed E-state index contributed by atoms with van der Waals surface area (Å²) in [6.45, 7) is 12.8. The maximum Gasteiger partial charge on any atom is 0.0914 e. The molecule has 29 heavy (non-hydrogen) atoms. The average molecular weight is 410 g/mol. The van der Waals surface area contributed by atoms with E-state index in [1.807, 2.05) is 0 Å². The number of likely N-dealkylation sites (N-methyl/N-ethyl adjacent to an activating group) is 1. The average Bonchev–Trinajstić information content (AvgIpc) is 2.73. The molecular weight excluding hydrogens is 352 g/mol. The first-order valence-electron chi connectivity index (χ1n) is 13.8. The second kappa shape index (κ2) is 18.7. The van der Waals surface area contributed by atoms with E-state index in [1.54, 1.807) is 0 Å². The van der Waals surface area contributed by atoms with Gasteiger partial charge in [0.15, 0.2) is 0 Å². The SMILES string of the molecule is CCCCCCCCCCCN1CC[N+](C)(CCCCCCCCCCC)CC1. The van der Waals surface area contributed by atoms with Crippen LogP contribution in [0.15, 0.2) is 0 Å². The monoisotopic (exact) mass is 409 g/mol. The van der Waals surface area contributed by atoms with Gasteiger partial charge in [-0.2, -0.15) is 0 Å². The molecule has 0 aliphatic carbocycles. The van der Waals surface area contributed by atoms with E-state index in [-0.39, 0.29) is 0 Å².